The second-order valence-electron chi connectivity index (χ2n) is 5.49. The topological polar surface area (TPSA) is 37.0 Å². The van der Waals surface area contributed by atoms with E-state index >= 15 is 0 Å². The summed E-state index contributed by atoms with van der Waals surface area (Å²) in [5.74, 6) is 0.980. The molecule has 5 heteroatoms. The molecule has 1 aromatic rings. The summed E-state index contributed by atoms with van der Waals surface area (Å²) in [4.78, 5) is 2.44. The first-order valence-corrected chi connectivity index (χ1v) is 7.67. The molecule has 0 atom stereocenters. The number of hydrogen-bond acceptors (Lipinski definition) is 5. The van der Waals surface area contributed by atoms with E-state index in [1.54, 1.807) is 0 Å². The highest BCUT2D eigenvalue weighted by molar-refractivity contribution is 5.33. The van der Waals surface area contributed by atoms with Gasteiger partial charge in [0.2, 0.25) is 0 Å². The van der Waals surface area contributed by atoms with Gasteiger partial charge in [-0.25, -0.2) is 0 Å². The molecule has 5 nitrogen and oxygen atoms in total. The molecule has 21 heavy (non-hydrogen) atoms. The third-order valence-electron chi connectivity index (χ3n) is 3.54. The van der Waals surface area contributed by atoms with E-state index in [-0.39, 0.29) is 0 Å². The van der Waals surface area contributed by atoms with Crippen LogP contribution in [0.15, 0.2) is 24.3 Å². The maximum Gasteiger partial charge on any atom is 0.123 e. The predicted molar refractivity (Wildman–Crippen MR) is 84.3 cm³/mol. The molecule has 118 valence electrons. The zero-order valence-corrected chi connectivity index (χ0v) is 13.2. The fourth-order valence-electron chi connectivity index (χ4n) is 2.33. The Balaban J connectivity index is 1.71. The Morgan fingerprint density at radius 1 is 1.24 bits per heavy atom. The van der Waals surface area contributed by atoms with Gasteiger partial charge in [0.05, 0.1) is 19.8 Å². The summed E-state index contributed by atoms with van der Waals surface area (Å²) in [7, 11) is 3.98. The molecule has 1 N–H and O–H groups in total. The second kappa shape index (κ2) is 9.00. The molecule has 0 aromatic heterocycles. The summed E-state index contributed by atoms with van der Waals surface area (Å²) in [5, 5.41) is 1.95. The molecule has 1 aliphatic heterocycles. The molecular weight excluding hydrogens is 266 g/mol. The van der Waals surface area contributed by atoms with Gasteiger partial charge in [-0.05, 0) is 12.5 Å². The number of hydrazine groups is 1. The van der Waals surface area contributed by atoms with E-state index in [1.807, 2.05) is 37.3 Å². The molecule has 0 unspecified atom stereocenters. The van der Waals surface area contributed by atoms with Gasteiger partial charge in [0.25, 0.3) is 0 Å². The minimum atomic E-state index is 0.760. The summed E-state index contributed by atoms with van der Waals surface area (Å²) in [6, 6.07) is 8.22. The Kier molecular flexibility index (Phi) is 6.95. The normalized spacial score (nSPS) is 16.3. The molecule has 0 radical (unpaired) electrons. The van der Waals surface area contributed by atoms with E-state index in [9.17, 15) is 0 Å². The summed E-state index contributed by atoms with van der Waals surface area (Å²) >= 11 is 0. The van der Waals surface area contributed by atoms with Crippen LogP contribution in [0, 0.1) is 0 Å². The van der Waals surface area contributed by atoms with Gasteiger partial charge in [0.1, 0.15) is 5.75 Å². The van der Waals surface area contributed by atoms with Gasteiger partial charge in [-0.3, -0.25) is 15.3 Å². The van der Waals surface area contributed by atoms with Crippen molar-refractivity contribution >= 4 is 0 Å². The Bertz CT molecular complexity index is 406. The number of morpholine rings is 1. The lowest BCUT2D eigenvalue weighted by Gasteiger charge is -2.26. The molecule has 0 aliphatic carbocycles. The maximum atomic E-state index is 5.94. The standard InChI is InChI=1S/C16H27N3O2/c1-18(2)17-14-15-6-3-4-7-16(15)21-11-5-8-19-9-12-20-13-10-19/h3-4,6-7,17H,5,8-14H2,1-2H3. The van der Waals surface area contributed by atoms with Crippen molar-refractivity contribution in [2.75, 3.05) is 53.6 Å². The van der Waals surface area contributed by atoms with E-state index in [0.717, 1.165) is 58.2 Å². The lowest BCUT2D eigenvalue weighted by atomic mass is 10.2. The van der Waals surface area contributed by atoms with Crippen molar-refractivity contribution in [3.8, 4) is 5.75 Å². The summed E-state index contributed by atoms with van der Waals surface area (Å²) in [6.07, 6.45) is 1.05. The average molecular weight is 293 g/mol. The molecular formula is C16H27N3O2. The van der Waals surface area contributed by atoms with Crippen LogP contribution in [0.5, 0.6) is 5.75 Å². The van der Waals surface area contributed by atoms with Crippen LogP contribution in [0.4, 0.5) is 0 Å². The fraction of sp³-hybridized carbons (Fsp3) is 0.625. The van der Waals surface area contributed by atoms with Crippen LogP contribution in [0.1, 0.15) is 12.0 Å². The summed E-state index contributed by atoms with van der Waals surface area (Å²) in [5.41, 5.74) is 4.47. The van der Waals surface area contributed by atoms with Crippen molar-refractivity contribution in [3.05, 3.63) is 29.8 Å². The number of nitrogens with one attached hydrogen (secondary N) is 1. The average Bonchev–Trinajstić information content (AvgIpc) is 2.51. The minimum Gasteiger partial charge on any atom is -0.493 e. The number of nitrogens with zero attached hydrogens (tertiary/aromatic N) is 2. The Morgan fingerprint density at radius 3 is 2.76 bits per heavy atom. The number of hydrogen-bond donors (Lipinski definition) is 1. The third-order valence-corrected chi connectivity index (χ3v) is 3.54. The van der Waals surface area contributed by atoms with E-state index in [0.29, 0.717) is 0 Å². The fourth-order valence-corrected chi connectivity index (χ4v) is 2.33. The Morgan fingerprint density at radius 2 is 2.00 bits per heavy atom. The van der Waals surface area contributed by atoms with Crippen LogP contribution in [0.3, 0.4) is 0 Å². The Hall–Kier alpha value is -1.14. The molecule has 1 fully saturated rings. The van der Waals surface area contributed by atoms with Crippen molar-refractivity contribution in [1.29, 1.82) is 0 Å². The molecule has 1 heterocycles. The van der Waals surface area contributed by atoms with Gasteiger partial charge in [-0.1, -0.05) is 18.2 Å². The van der Waals surface area contributed by atoms with Gasteiger partial charge in [-0.15, -0.1) is 0 Å². The van der Waals surface area contributed by atoms with Crippen LogP contribution in [-0.4, -0.2) is 63.5 Å². The lowest BCUT2D eigenvalue weighted by molar-refractivity contribution is 0.0357. The van der Waals surface area contributed by atoms with E-state index < -0.39 is 0 Å². The number of para-hydroxylation sites is 1. The first-order valence-electron chi connectivity index (χ1n) is 7.67. The van der Waals surface area contributed by atoms with Crippen molar-refractivity contribution < 1.29 is 9.47 Å². The second-order valence-corrected chi connectivity index (χ2v) is 5.49. The van der Waals surface area contributed by atoms with Crippen molar-refractivity contribution in [2.45, 2.75) is 13.0 Å². The number of rotatable bonds is 8. The largest absolute Gasteiger partial charge is 0.493 e. The molecule has 1 aliphatic rings. The van der Waals surface area contributed by atoms with Crippen LogP contribution in [0.2, 0.25) is 0 Å². The predicted octanol–water partition coefficient (Wildman–Crippen LogP) is 1.35. The van der Waals surface area contributed by atoms with Crippen molar-refractivity contribution in [2.24, 2.45) is 0 Å². The zero-order valence-electron chi connectivity index (χ0n) is 13.2. The third kappa shape index (κ3) is 6.01. The summed E-state index contributed by atoms with van der Waals surface area (Å²) in [6.45, 7) is 6.44. The molecule has 1 saturated heterocycles. The van der Waals surface area contributed by atoms with Gasteiger partial charge in [0.15, 0.2) is 0 Å². The minimum absolute atomic E-state index is 0.760. The summed E-state index contributed by atoms with van der Waals surface area (Å²) < 4.78 is 11.3. The van der Waals surface area contributed by atoms with Crippen LogP contribution in [-0.2, 0) is 11.3 Å². The quantitative estimate of drug-likeness (QED) is 0.578. The van der Waals surface area contributed by atoms with Gasteiger partial charge < -0.3 is 9.47 Å². The highest BCUT2D eigenvalue weighted by Crippen LogP contribution is 2.18. The molecule has 0 spiro atoms. The first kappa shape index (κ1) is 16.2. The van der Waals surface area contributed by atoms with E-state index in [4.69, 9.17) is 9.47 Å². The molecule has 0 saturated carbocycles. The van der Waals surface area contributed by atoms with Crippen LogP contribution < -0.4 is 10.2 Å². The van der Waals surface area contributed by atoms with Crippen LogP contribution in [0.25, 0.3) is 0 Å². The number of benzene rings is 1. The molecule has 1 aromatic carbocycles. The first-order chi connectivity index (χ1) is 10.3. The zero-order chi connectivity index (χ0) is 14.9. The van der Waals surface area contributed by atoms with Gasteiger partial charge in [0, 0.05) is 45.8 Å². The van der Waals surface area contributed by atoms with Crippen LogP contribution >= 0.6 is 0 Å². The SMILES string of the molecule is CN(C)NCc1ccccc1OCCCN1CCOCC1. The highest BCUT2D eigenvalue weighted by Gasteiger charge is 2.09. The number of ether oxygens (including phenoxy) is 2. The van der Waals surface area contributed by atoms with E-state index in [2.05, 4.69) is 16.4 Å². The van der Waals surface area contributed by atoms with Gasteiger partial charge >= 0.3 is 0 Å². The van der Waals surface area contributed by atoms with Crippen molar-refractivity contribution in [1.82, 2.24) is 15.3 Å². The highest BCUT2D eigenvalue weighted by atomic mass is 16.5. The molecule has 0 amide bonds. The smallest absolute Gasteiger partial charge is 0.123 e. The maximum absolute atomic E-state index is 5.94. The molecule has 2 rings (SSSR count). The lowest BCUT2D eigenvalue weighted by Crippen LogP contribution is -2.37. The van der Waals surface area contributed by atoms with E-state index in [1.165, 1.54) is 5.56 Å². The Labute approximate surface area is 127 Å². The van der Waals surface area contributed by atoms with Crippen molar-refractivity contribution in [3.63, 3.8) is 0 Å². The van der Waals surface area contributed by atoms with Gasteiger partial charge in [-0.2, -0.15) is 0 Å². The molecule has 0 bridgehead atoms. The monoisotopic (exact) mass is 293 g/mol.